The van der Waals surface area contributed by atoms with E-state index in [4.69, 9.17) is 39.6 Å². The topological polar surface area (TPSA) is 113 Å². The van der Waals surface area contributed by atoms with Crippen molar-refractivity contribution < 1.29 is 28.0 Å². The van der Waals surface area contributed by atoms with Crippen LogP contribution < -0.4 is 9.47 Å². The molecule has 4 atom stereocenters. The number of methoxy groups -OCH3 is 2. The highest BCUT2D eigenvalue weighted by Crippen LogP contribution is 2.51. The molecule has 284 valence electrons. The highest BCUT2D eigenvalue weighted by atomic mass is 35.5. The molecule has 1 fully saturated rings. The second-order valence-corrected chi connectivity index (χ2v) is 15.3. The van der Waals surface area contributed by atoms with E-state index in [9.17, 15) is 5.26 Å². The van der Waals surface area contributed by atoms with Crippen LogP contribution in [0.2, 0.25) is 5.15 Å². The van der Waals surface area contributed by atoms with Gasteiger partial charge in [-0.05, 0) is 74.7 Å². The Balaban J connectivity index is 1.43. The number of nitriles is 1. The lowest BCUT2D eigenvalue weighted by Crippen LogP contribution is -2.39. The van der Waals surface area contributed by atoms with Gasteiger partial charge in [0.25, 0.3) is 8.53 Å². The molecule has 0 amide bonds. The lowest BCUT2D eigenvalue weighted by atomic mass is 9.80. The van der Waals surface area contributed by atoms with Crippen molar-refractivity contribution >= 4 is 31.2 Å². The Labute approximate surface area is 323 Å². The monoisotopic (exact) mass is 771 g/mol. The normalized spacial score (nSPS) is 18.1. The number of benzene rings is 3. The van der Waals surface area contributed by atoms with Crippen LogP contribution in [0.4, 0.5) is 0 Å². The molecule has 0 radical (unpaired) electrons. The molecule has 1 unspecified atom stereocenters. The van der Waals surface area contributed by atoms with Crippen LogP contribution in [0.25, 0.3) is 11.0 Å². The first kappa shape index (κ1) is 39.6. The van der Waals surface area contributed by atoms with Crippen LogP contribution in [0.1, 0.15) is 63.5 Å². The third-order valence-electron chi connectivity index (χ3n) is 9.48. The Morgan fingerprint density at radius 1 is 0.907 bits per heavy atom. The fraction of sp³-hybridized carbons (Fsp3) is 0.390. The van der Waals surface area contributed by atoms with Gasteiger partial charge in [-0.15, -0.1) is 0 Å². The second kappa shape index (κ2) is 18.0. The van der Waals surface area contributed by atoms with Gasteiger partial charge in [-0.25, -0.2) is 14.6 Å². The zero-order chi connectivity index (χ0) is 38.2. The number of aromatic nitrogens is 3. The maximum Gasteiger partial charge on any atom is 0.259 e. The third-order valence-corrected chi connectivity index (χ3v) is 11.9. The number of fused-ring (bicyclic) bond motifs is 1. The largest absolute Gasteiger partial charge is 0.497 e. The first-order valence-corrected chi connectivity index (χ1v) is 19.6. The molecule has 0 spiro atoms. The van der Waals surface area contributed by atoms with Gasteiger partial charge in [0.2, 0.25) is 0 Å². The molecule has 3 aromatic carbocycles. The molecule has 1 saturated heterocycles. The van der Waals surface area contributed by atoms with Gasteiger partial charge >= 0.3 is 0 Å². The maximum absolute atomic E-state index is 9.35. The number of rotatable bonds is 17. The highest BCUT2D eigenvalue weighted by molar-refractivity contribution is 7.44. The Morgan fingerprint density at radius 2 is 1.52 bits per heavy atom. The Morgan fingerprint density at radius 3 is 2.09 bits per heavy atom. The van der Waals surface area contributed by atoms with Crippen molar-refractivity contribution in [1.82, 2.24) is 19.2 Å². The molecule has 54 heavy (non-hydrogen) atoms. The zero-order valence-corrected chi connectivity index (χ0v) is 33.1. The van der Waals surface area contributed by atoms with Crippen LogP contribution in [-0.2, 0) is 24.1 Å². The minimum atomic E-state index is -1.59. The van der Waals surface area contributed by atoms with Gasteiger partial charge in [0.1, 0.15) is 46.6 Å². The molecule has 13 heteroatoms. The fourth-order valence-corrected chi connectivity index (χ4v) is 8.95. The minimum Gasteiger partial charge on any atom is -0.497 e. The van der Waals surface area contributed by atoms with Gasteiger partial charge in [-0.3, -0.25) is 0 Å². The van der Waals surface area contributed by atoms with Crippen LogP contribution in [-0.4, -0.2) is 70.9 Å². The smallest absolute Gasteiger partial charge is 0.259 e. The van der Waals surface area contributed by atoms with Crippen LogP contribution in [0, 0.1) is 11.3 Å². The fourth-order valence-electron chi connectivity index (χ4n) is 7.00. The first-order valence-electron chi connectivity index (χ1n) is 18.1. The van der Waals surface area contributed by atoms with E-state index < -0.39 is 32.6 Å². The summed E-state index contributed by atoms with van der Waals surface area (Å²) < 4.78 is 42.9. The van der Waals surface area contributed by atoms with E-state index in [0.29, 0.717) is 17.2 Å². The molecule has 1 aliphatic rings. The quantitative estimate of drug-likeness (QED) is 0.0393. The summed E-state index contributed by atoms with van der Waals surface area (Å²) in [4.78, 5) is 8.72. The summed E-state index contributed by atoms with van der Waals surface area (Å²) in [5.74, 6) is 1.47. The molecule has 6 rings (SSSR count). The summed E-state index contributed by atoms with van der Waals surface area (Å²) in [6.07, 6.45) is 2.64. The summed E-state index contributed by atoms with van der Waals surface area (Å²) in [5.41, 5.74) is 2.34. The van der Waals surface area contributed by atoms with E-state index >= 15 is 0 Å². The van der Waals surface area contributed by atoms with E-state index in [-0.39, 0.29) is 31.7 Å². The van der Waals surface area contributed by atoms with Crippen LogP contribution in [0.15, 0.2) is 97.5 Å². The molecule has 2 aromatic heterocycles. The first-order chi connectivity index (χ1) is 26.2. The van der Waals surface area contributed by atoms with Crippen LogP contribution in [0.3, 0.4) is 0 Å². The molecule has 3 heterocycles. The van der Waals surface area contributed by atoms with Gasteiger partial charge < -0.3 is 32.6 Å². The van der Waals surface area contributed by atoms with Crippen LogP contribution >= 0.6 is 20.1 Å². The number of hydrogen-bond acceptors (Lipinski definition) is 10. The summed E-state index contributed by atoms with van der Waals surface area (Å²) in [7, 11) is 1.72. The summed E-state index contributed by atoms with van der Waals surface area (Å²) >= 11 is 6.46. The standard InChI is InChI=1S/C41H47ClN5O6P/c1-28(2)47(29(3)4)54(51-24-10-22-43)53-36-25-38(46-23-21-35-39(42)44-27-45-40(35)46)52-37(36)26-50-41(30-11-8-7-9-12-30,31-13-17-33(48-5)18-14-31)32-15-19-34(49-6)20-16-32/h7-9,11-21,23,27-29,36-38H,10,24-26H2,1-6H3/t36-,37+,38+,54?/m0/s1. The molecule has 5 aromatic rings. The molecule has 0 bridgehead atoms. The van der Waals surface area contributed by atoms with Crippen molar-refractivity contribution in [3.8, 4) is 17.6 Å². The SMILES string of the molecule is COc1ccc(C(OC[C@H]2O[C@@H](n3ccc4c(Cl)ncnc43)C[C@@H]2OP(OCCC#N)N(C(C)C)C(C)C)(c2ccccc2)c2ccc(OC)cc2)cc1. The number of halogens is 1. The Hall–Kier alpha value is -4.11. The summed E-state index contributed by atoms with van der Waals surface area (Å²) in [6, 6.07) is 30.4. The number of ether oxygens (including phenoxy) is 4. The van der Waals surface area contributed by atoms with Crippen molar-refractivity contribution in [2.75, 3.05) is 27.4 Å². The van der Waals surface area contributed by atoms with E-state index in [2.05, 4.69) is 60.5 Å². The Bertz CT molecular complexity index is 1930. The average molecular weight is 772 g/mol. The second-order valence-electron chi connectivity index (χ2n) is 13.5. The molecule has 0 aliphatic carbocycles. The van der Waals surface area contributed by atoms with Gasteiger partial charge in [0.15, 0.2) is 0 Å². The van der Waals surface area contributed by atoms with E-state index in [1.807, 2.05) is 83.6 Å². The molecule has 1 aliphatic heterocycles. The van der Waals surface area contributed by atoms with E-state index in [0.717, 1.165) is 33.6 Å². The van der Waals surface area contributed by atoms with Crippen molar-refractivity contribution in [2.45, 2.75) is 76.7 Å². The Kier molecular flexibility index (Phi) is 13.2. The van der Waals surface area contributed by atoms with Crippen molar-refractivity contribution in [1.29, 1.82) is 5.26 Å². The number of nitrogens with zero attached hydrogens (tertiary/aromatic N) is 5. The summed E-state index contributed by atoms with van der Waals surface area (Å²) in [6.45, 7) is 8.87. The molecular weight excluding hydrogens is 725 g/mol. The van der Waals surface area contributed by atoms with Crippen molar-refractivity contribution in [3.05, 3.63) is 119 Å². The highest BCUT2D eigenvalue weighted by Gasteiger charge is 2.45. The van der Waals surface area contributed by atoms with Crippen LogP contribution in [0.5, 0.6) is 11.5 Å². The van der Waals surface area contributed by atoms with Crippen molar-refractivity contribution in [2.24, 2.45) is 0 Å². The van der Waals surface area contributed by atoms with E-state index in [1.54, 1.807) is 14.2 Å². The maximum atomic E-state index is 9.35. The number of hydrogen-bond donors (Lipinski definition) is 0. The van der Waals surface area contributed by atoms with Gasteiger partial charge in [0.05, 0.1) is 51.4 Å². The predicted molar refractivity (Wildman–Crippen MR) is 209 cm³/mol. The van der Waals surface area contributed by atoms with Gasteiger partial charge in [-0.1, -0.05) is 66.2 Å². The molecule has 11 nitrogen and oxygen atoms in total. The summed E-state index contributed by atoms with van der Waals surface area (Å²) in [5, 5.41) is 10.4. The predicted octanol–water partition coefficient (Wildman–Crippen LogP) is 9.06. The molecular formula is C41H47ClN5O6P. The minimum absolute atomic E-state index is 0.120. The lowest BCUT2D eigenvalue weighted by molar-refractivity contribution is -0.0911. The lowest BCUT2D eigenvalue weighted by Gasteiger charge is -2.39. The molecule has 0 saturated carbocycles. The van der Waals surface area contributed by atoms with Gasteiger partial charge in [-0.2, -0.15) is 5.26 Å². The third kappa shape index (κ3) is 8.41. The average Bonchev–Trinajstić information content (AvgIpc) is 3.80. The molecule has 0 N–H and O–H groups in total. The van der Waals surface area contributed by atoms with E-state index in [1.165, 1.54) is 6.33 Å². The zero-order valence-electron chi connectivity index (χ0n) is 31.5. The van der Waals surface area contributed by atoms with Crippen molar-refractivity contribution in [3.63, 3.8) is 0 Å². The van der Waals surface area contributed by atoms with Gasteiger partial charge in [0, 0.05) is 24.7 Å².